The van der Waals surface area contributed by atoms with E-state index >= 15 is 0 Å². The Hall–Kier alpha value is -2.26. The number of hydrogen-bond donors (Lipinski definition) is 0. The average Bonchev–Trinajstić information content (AvgIpc) is 2.80. The van der Waals surface area contributed by atoms with Crippen molar-refractivity contribution in [1.29, 1.82) is 0 Å². The monoisotopic (exact) mass is 566 g/mol. The molecule has 0 aromatic heterocycles. The molecular weight excluding hydrogens is 538 g/mol. The fourth-order valence-corrected chi connectivity index (χ4v) is 3.80. The first-order valence-electron chi connectivity index (χ1n) is 10.1. The highest BCUT2D eigenvalue weighted by Crippen LogP contribution is 2.24. The number of hydrogen-bond acceptors (Lipinski definition) is 4. The van der Waals surface area contributed by atoms with Crippen molar-refractivity contribution in [2.45, 2.75) is 20.0 Å². The Kier molecular flexibility index (Phi) is 10.8. The lowest BCUT2D eigenvalue weighted by molar-refractivity contribution is 0.405. The van der Waals surface area contributed by atoms with E-state index in [1.807, 2.05) is 48.5 Å². The molecule has 3 aromatic carbocycles. The van der Waals surface area contributed by atoms with E-state index in [-0.39, 0.29) is 29.8 Å². The molecule has 3 rings (SSSR count). The molecule has 0 bridgehead atoms. The lowest BCUT2D eigenvalue weighted by Crippen LogP contribution is -2.28. The van der Waals surface area contributed by atoms with Crippen LogP contribution < -0.4 is 9.47 Å². The molecule has 0 saturated carbocycles. The van der Waals surface area contributed by atoms with Crippen molar-refractivity contribution in [2.24, 2.45) is 4.99 Å². The van der Waals surface area contributed by atoms with E-state index in [4.69, 9.17) is 9.47 Å². The van der Waals surface area contributed by atoms with Gasteiger partial charge in [0.05, 0.1) is 14.2 Å². The van der Waals surface area contributed by atoms with Crippen LogP contribution in [0.2, 0.25) is 0 Å². The van der Waals surface area contributed by atoms with Gasteiger partial charge in [0.15, 0.2) is 5.17 Å². The zero-order chi connectivity index (χ0) is 22.1. The van der Waals surface area contributed by atoms with Gasteiger partial charge >= 0.3 is 0 Å². The van der Waals surface area contributed by atoms with Crippen molar-refractivity contribution in [3.05, 3.63) is 89.7 Å². The van der Waals surface area contributed by atoms with Crippen LogP contribution in [0.15, 0.2) is 77.8 Å². The Labute approximate surface area is 210 Å². The minimum Gasteiger partial charge on any atom is -0.497 e. The summed E-state index contributed by atoms with van der Waals surface area (Å²) < 4.78 is 24.9. The third-order valence-corrected chi connectivity index (χ3v) is 5.57. The Bertz CT molecular complexity index is 948. The number of ether oxygens (including phenoxy) is 2. The molecule has 0 saturated heterocycles. The van der Waals surface area contributed by atoms with Crippen molar-refractivity contribution < 1.29 is 13.9 Å². The quantitative estimate of drug-likeness (QED) is 0.169. The highest BCUT2D eigenvalue weighted by atomic mass is 127. The van der Waals surface area contributed by atoms with Crippen LogP contribution >= 0.6 is 35.7 Å². The average molecular weight is 566 g/mol. The highest BCUT2D eigenvalue weighted by molar-refractivity contribution is 14.0. The number of halogens is 2. The van der Waals surface area contributed by atoms with E-state index in [1.165, 1.54) is 6.07 Å². The largest absolute Gasteiger partial charge is 0.497 e. The fraction of sp³-hybridized carbons (Fsp3) is 0.240. The maximum absolute atomic E-state index is 14.3. The van der Waals surface area contributed by atoms with Gasteiger partial charge in [-0.25, -0.2) is 9.38 Å². The number of amidine groups is 1. The Morgan fingerprint density at radius 1 is 0.844 bits per heavy atom. The van der Waals surface area contributed by atoms with Crippen LogP contribution in [0.1, 0.15) is 18.1 Å². The molecule has 0 heterocycles. The van der Waals surface area contributed by atoms with Gasteiger partial charge in [0.2, 0.25) is 0 Å². The van der Waals surface area contributed by atoms with Gasteiger partial charge in [0.1, 0.15) is 23.0 Å². The van der Waals surface area contributed by atoms with E-state index in [9.17, 15) is 4.39 Å². The number of para-hydroxylation sites is 1. The Morgan fingerprint density at radius 2 is 1.34 bits per heavy atom. The number of rotatable bonds is 8. The first kappa shape index (κ1) is 26.0. The molecule has 7 heteroatoms. The maximum atomic E-state index is 14.3. The summed E-state index contributed by atoms with van der Waals surface area (Å²) in [6.07, 6.45) is 0. The summed E-state index contributed by atoms with van der Waals surface area (Å²) in [7, 11) is 3.31. The molecule has 0 aliphatic heterocycles. The van der Waals surface area contributed by atoms with Crippen LogP contribution in [0, 0.1) is 5.82 Å². The number of benzene rings is 3. The molecule has 0 N–H and O–H groups in total. The summed E-state index contributed by atoms with van der Waals surface area (Å²) >= 11 is 1.60. The van der Waals surface area contributed by atoms with Gasteiger partial charge in [-0.05, 0) is 53.3 Å². The molecule has 0 fully saturated rings. The Balaban J connectivity index is 0.00000363. The normalized spacial score (nSPS) is 10.9. The van der Waals surface area contributed by atoms with Crippen molar-refractivity contribution in [3.63, 3.8) is 0 Å². The molecule has 32 heavy (non-hydrogen) atoms. The van der Waals surface area contributed by atoms with E-state index in [2.05, 4.69) is 16.8 Å². The van der Waals surface area contributed by atoms with Gasteiger partial charge in [-0.3, -0.25) is 0 Å². The van der Waals surface area contributed by atoms with Crippen LogP contribution in [0.3, 0.4) is 0 Å². The number of methoxy groups -OCH3 is 2. The Morgan fingerprint density at radius 3 is 1.78 bits per heavy atom. The molecule has 4 nitrogen and oxygen atoms in total. The van der Waals surface area contributed by atoms with Crippen LogP contribution in [0.25, 0.3) is 0 Å². The smallest absolute Gasteiger partial charge is 0.165 e. The molecule has 170 valence electrons. The molecule has 0 spiro atoms. The van der Waals surface area contributed by atoms with Gasteiger partial charge in [0.25, 0.3) is 0 Å². The number of aliphatic imine (C=N–C) groups is 1. The van der Waals surface area contributed by atoms with Gasteiger partial charge in [-0.1, -0.05) is 55.1 Å². The summed E-state index contributed by atoms with van der Waals surface area (Å²) in [5, 5.41) is 0.777. The lowest BCUT2D eigenvalue weighted by atomic mass is 10.1. The summed E-state index contributed by atoms with van der Waals surface area (Å²) in [5.41, 5.74) is 2.58. The zero-order valence-corrected chi connectivity index (χ0v) is 21.6. The van der Waals surface area contributed by atoms with Crippen molar-refractivity contribution in [1.82, 2.24) is 4.90 Å². The molecule has 0 atom stereocenters. The minimum absolute atomic E-state index is 0. The molecule has 3 aromatic rings. The SMILES string of the molecule is CCSC(=Nc1ccccc1F)N(Cc1ccc(OC)cc1)Cc1ccc(OC)cc1.I. The molecular formula is C25H28FIN2O2S. The standard InChI is InChI=1S/C25H27FN2O2S.HI/c1-4-31-25(27-24-8-6-5-7-23(24)26)28(17-19-9-13-21(29-2)14-10-19)18-20-11-15-22(30-3)16-12-20;/h5-16H,4,17-18H2,1-3H3;1H. The van der Waals surface area contributed by atoms with E-state index in [0.717, 1.165) is 33.5 Å². The minimum atomic E-state index is -0.328. The predicted molar refractivity (Wildman–Crippen MR) is 142 cm³/mol. The van der Waals surface area contributed by atoms with Gasteiger partial charge in [0, 0.05) is 13.1 Å². The maximum Gasteiger partial charge on any atom is 0.165 e. The second-order valence-electron chi connectivity index (χ2n) is 6.83. The molecule has 0 aliphatic carbocycles. The molecule has 0 aliphatic rings. The van der Waals surface area contributed by atoms with Crippen molar-refractivity contribution >= 4 is 46.6 Å². The first-order valence-corrected chi connectivity index (χ1v) is 11.1. The highest BCUT2D eigenvalue weighted by Gasteiger charge is 2.15. The van der Waals surface area contributed by atoms with Gasteiger partial charge < -0.3 is 14.4 Å². The van der Waals surface area contributed by atoms with E-state index in [0.29, 0.717) is 18.8 Å². The van der Waals surface area contributed by atoms with Crippen LogP contribution in [0.5, 0.6) is 11.5 Å². The van der Waals surface area contributed by atoms with Crippen molar-refractivity contribution in [3.8, 4) is 11.5 Å². The molecule has 0 unspecified atom stereocenters. The summed E-state index contributed by atoms with van der Waals surface area (Å²) in [6.45, 7) is 3.34. The summed E-state index contributed by atoms with van der Waals surface area (Å²) in [5.74, 6) is 2.13. The lowest BCUT2D eigenvalue weighted by Gasteiger charge is -2.26. The van der Waals surface area contributed by atoms with Crippen LogP contribution in [-0.4, -0.2) is 30.0 Å². The third-order valence-electron chi connectivity index (χ3n) is 4.68. The third kappa shape index (κ3) is 7.41. The van der Waals surface area contributed by atoms with E-state index < -0.39 is 0 Å². The number of thioether (sulfide) groups is 1. The molecule has 0 amide bonds. The van der Waals surface area contributed by atoms with Gasteiger partial charge in [-0.15, -0.1) is 24.0 Å². The topological polar surface area (TPSA) is 34.1 Å². The van der Waals surface area contributed by atoms with E-state index in [1.54, 1.807) is 44.2 Å². The van der Waals surface area contributed by atoms with Crippen LogP contribution in [0.4, 0.5) is 10.1 Å². The van der Waals surface area contributed by atoms with Gasteiger partial charge in [-0.2, -0.15) is 0 Å². The fourth-order valence-electron chi connectivity index (χ4n) is 3.06. The van der Waals surface area contributed by atoms with Crippen molar-refractivity contribution in [2.75, 3.05) is 20.0 Å². The molecule has 0 radical (unpaired) electrons. The summed E-state index contributed by atoms with van der Waals surface area (Å²) in [6, 6.07) is 22.5. The summed E-state index contributed by atoms with van der Waals surface area (Å²) in [4.78, 5) is 6.86. The first-order chi connectivity index (χ1) is 15.1. The zero-order valence-electron chi connectivity index (χ0n) is 18.5. The predicted octanol–water partition coefficient (Wildman–Crippen LogP) is 6.90. The van der Waals surface area contributed by atoms with Crippen LogP contribution in [-0.2, 0) is 13.1 Å². The second kappa shape index (κ2) is 13.3. The second-order valence-corrected chi connectivity index (χ2v) is 8.06. The number of nitrogens with zero attached hydrogens (tertiary/aromatic N) is 2.